The van der Waals surface area contributed by atoms with E-state index in [1.165, 1.54) is 0 Å². The van der Waals surface area contributed by atoms with Gasteiger partial charge in [-0.3, -0.25) is 4.79 Å². The third kappa shape index (κ3) is 4.17. The highest BCUT2D eigenvalue weighted by molar-refractivity contribution is 6.20. The number of carbonyl (C=O) groups excluding carboxylic acids is 1. The molecule has 0 aliphatic heterocycles. The summed E-state index contributed by atoms with van der Waals surface area (Å²) in [6.07, 6.45) is 1.48. The molecule has 0 aliphatic carbocycles. The summed E-state index contributed by atoms with van der Waals surface area (Å²) in [5, 5.41) is 7.56. The maximum atomic E-state index is 12.0. The second kappa shape index (κ2) is 6.46. The molecule has 0 spiro atoms. The van der Waals surface area contributed by atoms with E-state index in [0.29, 0.717) is 29.5 Å². The molecule has 0 heterocycles. The van der Waals surface area contributed by atoms with Gasteiger partial charge in [-0.25, -0.2) is 0 Å². The Balaban J connectivity index is 4.81. The summed E-state index contributed by atoms with van der Waals surface area (Å²) in [7, 11) is 0. The summed E-state index contributed by atoms with van der Waals surface area (Å²) >= 11 is 0. The molecule has 0 radical (unpaired) electrons. The van der Waals surface area contributed by atoms with Crippen LogP contribution in [0.2, 0.25) is 0 Å². The van der Waals surface area contributed by atoms with Gasteiger partial charge in [-0.15, -0.1) is 0 Å². The highest BCUT2D eigenvalue weighted by Crippen LogP contribution is 2.21. The van der Waals surface area contributed by atoms with E-state index in [1.807, 2.05) is 0 Å². The van der Waals surface area contributed by atoms with Gasteiger partial charge in [0, 0.05) is 17.8 Å². The number of nitrogens with two attached hydrogens (primary N) is 1. The highest BCUT2D eigenvalue weighted by atomic mass is 16.1. The SMILES string of the molecule is CCC(CC(=O)/C(C(C)=N)=C(\C)N)C(C)C. The Labute approximate surface area is 98.6 Å². The van der Waals surface area contributed by atoms with Crippen LogP contribution in [0.25, 0.3) is 0 Å². The number of carbonyl (C=O) groups is 1. The molecule has 0 aromatic carbocycles. The minimum atomic E-state index is 0.00745. The smallest absolute Gasteiger partial charge is 0.166 e. The molecule has 0 amide bonds. The van der Waals surface area contributed by atoms with Gasteiger partial charge in [0.2, 0.25) is 0 Å². The first kappa shape index (κ1) is 14.9. The number of rotatable bonds is 6. The van der Waals surface area contributed by atoms with Crippen molar-refractivity contribution in [3.05, 3.63) is 11.3 Å². The average Bonchev–Trinajstić information content (AvgIpc) is 2.12. The van der Waals surface area contributed by atoms with E-state index in [1.54, 1.807) is 13.8 Å². The van der Waals surface area contributed by atoms with E-state index in [2.05, 4.69) is 20.8 Å². The Kier molecular flexibility index (Phi) is 6.01. The van der Waals surface area contributed by atoms with E-state index < -0.39 is 0 Å². The molecular formula is C13H24N2O. The maximum Gasteiger partial charge on any atom is 0.166 e. The Morgan fingerprint density at radius 3 is 2.06 bits per heavy atom. The molecule has 16 heavy (non-hydrogen) atoms. The molecule has 1 atom stereocenters. The molecule has 0 aromatic heterocycles. The number of Topliss-reactive ketones (excluding diaryl/α,β-unsaturated/α-hetero) is 1. The summed E-state index contributed by atoms with van der Waals surface area (Å²) in [4.78, 5) is 12.0. The van der Waals surface area contributed by atoms with Crippen molar-refractivity contribution in [1.29, 1.82) is 5.41 Å². The summed E-state index contributed by atoms with van der Waals surface area (Å²) in [6.45, 7) is 9.63. The molecule has 0 fully saturated rings. The van der Waals surface area contributed by atoms with Gasteiger partial charge in [0.1, 0.15) is 0 Å². The Bertz CT molecular complexity index is 299. The van der Waals surface area contributed by atoms with Crippen LogP contribution in [0.4, 0.5) is 0 Å². The van der Waals surface area contributed by atoms with Gasteiger partial charge in [0.15, 0.2) is 5.78 Å². The van der Waals surface area contributed by atoms with E-state index >= 15 is 0 Å². The maximum absolute atomic E-state index is 12.0. The Morgan fingerprint density at radius 1 is 1.31 bits per heavy atom. The van der Waals surface area contributed by atoms with Gasteiger partial charge < -0.3 is 11.1 Å². The van der Waals surface area contributed by atoms with Crippen LogP contribution in [0.5, 0.6) is 0 Å². The lowest BCUT2D eigenvalue weighted by Gasteiger charge is -2.19. The van der Waals surface area contributed by atoms with Crippen molar-refractivity contribution in [2.24, 2.45) is 17.6 Å². The van der Waals surface area contributed by atoms with Gasteiger partial charge >= 0.3 is 0 Å². The molecule has 3 heteroatoms. The second-order valence-corrected chi connectivity index (χ2v) is 4.72. The standard InChI is InChI=1S/C13H24N2O/c1-6-11(8(2)3)7-12(16)13(9(4)14)10(5)15/h8,11,14H,6-7,15H2,1-5H3/b13-10+,14-9?. The van der Waals surface area contributed by atoms with Gasteiger partial charge in [-0.1, -0.05) is 27.2 Å². The normalized spacial score (nSPS) is 14.6. The lowest BCUT2D eigenvalue weighted by atomic mass is 9.86. The zero-order valence-corrected chi connectivity index (χ0v) is 11.1. The summed E-state index contributed by atoms with van der Waals surface area (Å²) in [5.41, 5.74) is 6.77. The summed E-state index contributed by atoms with van der Waals surface area (Å²) in [6, 6.07) is 0. The lowest BCUT2D eigenvalue weighted by Crippen LogP contribution is -2.20. The number of hydrogen-bond donors (Lipinski definition) is 2. The fraction of sp³-hybridized carbons (Fsp3) is 0.692. The van der Waals surface area contributed by atoms with Crippen LogP contribution in [-0.4, -0.2) is 11.5 Å². The van der Waals surface area contributed by atoms with Crippen molar-refractivity contribution < 1.29 is 4.79 Å². The lowest BCUT2D eigenvalue weighted by molar-refractivity contribution is -0.116. The van der Waals surface area contributed by atoms with Crippen LogP contribution in [0.1, 0.15) is 47.5 Å². The van der Waals surface area contributed by atoms with E-state index in [-0.39, 0.29) is 11.5 Å². The third-order valence-electron chi connectivity index (χ3n) is 2.96. The number of allylic oxidation sites excluding steroid dienone is 2. The number of hydrogen-bond acceptors (Lipinski definition) is 3. The fourth-order valence-electron chi connectivity index (χ4n) is 1.92. The molecule has 3 N–H and O–H groups in total. The minimum absolute atomic E-state index is 0.00745. The summed E-state index contributed by atoms with van der Waals surface area (Å²) < 4.78 is 0. The molecule has 0 saturated heterocycles. The van der Waals surface area contributed by atoms with Crippen LogP contribution in [-0.2, 0) is 4.79 Å². The zero-order valence-electron chi connectivity index (χ0n) is 11.1. The van der Waals surface area contributed by atoms with Crippen LogP contribution in [0.3, 0.4) is 0 Å². The van der Waals surface area contributed by atoms with Crippen molar-refractivity contribution in [3.8, 4) is 0 Å². The van der Waals surface area contributed by atoms with Crippen molar-refractivity contribution in [1.82, 2.24) is 0 Å². The molecular weight excluding hydrogens is 200 g/mol. The van der Waals surface area contributed by atoms with Gasteiger partial charge in [0.05, 0.1) is 5.57 Å². The Morgan fingerprint density at radius 2 is 1.81 bits per heavy atom. The first-order valence-corrected chi connectivity index (χ1v) is 5.86. The first-order valence-electron chi connectivity index (χ1n) is 5.86. The number of ketones is 1. The fourth-order valence-corrected chi connectivity index (χ4v) is 1.92. The summed E-state index contributed by atoms with van der Waals surface area (Å²) in [5.74, 6) is 0.869. The van der Waals surface area contributed by atoms with Crippen LogP contribution >= 0.6 is 0 Å². The van der Waals surface area contributed by atoms with Gasteiger partial charge in [-0.2, -0.15) is 0 Å². The van der Waals surface area contributed by atoms with Crippen molar-refractivity contribution in [3.63, 3.8) is 0 Å². The van der Waals surface area contributed by atoms with Gasteiger partial charge in [0.25, 0.3) is 0 Å². The van der Waals surface area contributed by atoms with Gasteiger partial charge in [-0.05, 0) is 25.7 Å². The average molecular weight is 224 g/mol. The van der Waals surface area contributed by atoms with Crippen molar-refractivity contribution in [2.75, 3.05) is 0 Å². The zero-order chi connectivity index (χ0) is 12.9. The first-order chi connectivity index (χ1) is 7.31. The molecule has 1 unspecified atom stereocenters. The van der Waals surface area contributed by atoms with E-state index in [0.717, 1.165) is 6.42 Å². The number of nitrogens with one attached hydrogen (secondary N) is 1. The predicted octanol–water partition coefficient (Wildman–Crippen LogP) is 2.90. The topological polar surface area (TPSA) is 66.9 Å². The van der Waals surface area contributed by atoms with Crippen LogP contribution < -0.4 is 5.73 Å². The molecule has 3 nitrogen and oxygen atoms in total. The largest absolute Gasteiger partial charge is 0.402 e. The second-order valence-electron chi connectivity index (χ2n) is 4.72. The highest BCUT2D eigenvalue weighted by Gasteiger charge is 2.20. The Hall–Kier alpha value is -1.12. The van der Waals surface area contributed by atoms with Crippen LogP contribution in [0, 0.1) is 17.2 Å². The minimum Gasteiger partial charge on any atom is -0.402 e. The van der Waals surface area contributed by atoms with Crippen molar-refractivity contribution >= 4 is 11.5 Å². The molecule has 0 aliphatic rings. The molecule has 92 valence electrons. The quantitative estimate of drug-likeness (QED) is 0.538. The van der Waals surface area contributed by atoms with E-state index in [4.69, 9.17) is 11.1 Å². The van der Waals surface area contributed by atoms with E-state index in [9.17, 15) is 4.79 Å². The predicted molar refractivity (Wildman–Crippen MR) is 68.5 cm³/mol. The third-order valence-corrected chi connectivity index (χ3v) is 2.96. The molecule has 0 aromatic rings. The molecule has 0 rings (SSSR count). The molecule has 0 bridgehead atoms. The van der Waals surface area contributed by atoms with Crippen molar-refractivity contribution in [2.45, 2.75) is 47.5 Å². The van der Waals surface area contributed by atoms with Crippen LogP contribution in [0.15, 0.2) is 11.3 Å². The monoisotopic (exact) mass is 224 g/mol. The molecule has 0 saturated carbocycles.